The van der Waals surface area contributed by atoms with Gasteiger partial charge in [0, 0.05) is 24.1 Å². The van der Waals surface area contributed by atoms with Gasteiger partial charge in [-0.25, -0.2) is 8.78 Å². The summed E-state index contributed by atoms with van der Waals surface area (Å²) in [6.45, 7) is 0. The van der Waals surface area contributed by atoms with Crippen LogP contribution in [0.5, 0.6) is 0 Å². The van der Waals surface area contributed by atoms with Gasteiger partial charge in [-0.05, 0) is 18.2 Å². The topological polar surface area (TPSA) is 93.8 Å². The van der Waals surface area contributed by atoms with E-state index in [0.29, 0.717) is 11.3 Å². The second-order valence-electron chi connectivity index (χ2n) is 5.26. The number of non-ortho nitro benzene ring substituents is 1. The van der Waals surface area contributed by atoms with Crippen molar-refractivity contribution in [2.75, 3.05) is 5.32 Å². The molecule has 1 N–H and O–H groups in total. The number of nitro benzene ring substituents is 1. The molecule has 0 saturated heterocycles. The van der Waals surface area contributed by atoms with Crippen LogP contribution in [0.4, 0.5) is 20.2 Å². The Morgan fingerprint density at radius 3 is 2.80 bits per heavy atom. The molecule has 7 nitrogen and oxygen atoms in total. The molecule has 25 heavy (non-hydrogen) atoms. The quantitative estimate of drug-likeness (QED) is 0.679. The number of hydrogen-bond acceptors (Lipinski definition) is 5. The Bertz CT molecular complexity index is 885. The van der Waals surface area contributed by atoms with Crippen molar-refractivity contribution in [3.63, 3.8) is 0 Å². The van der Waals surface area contributed by atoms with Crippen LogP contribution in [0.3, 0.4) is 0 Å². The van der Waals surface area contributed by atoms with Gasteiger partial charge in [0.25, 0.3) is 11.6 Å². The second-order valence-corrected chi connectivity index (χ2v) is 5.26. The van der Waals surface area contributed by atoms with Gasteiger partial charge in [-0.15, -0.1) is 0 Å². The van der Waals surface area contributed by atoms with E-state index in [-0.39, 0.29) is 17.8 Å². The molecule has 0 bridgehead atoms. The van der Waals surface area contributed by atoms with Crippen LogP contribution in [0, 0.1) is 21.7 Å². The number of nitro groups is 1. The molecule has 2 aromatic carbocycles. The molecule has 1 aliphatic rings. The van der Waals surface area contributed by atoms with Crippen LogP contribution in [0.15, 0.2) is 47.6 Å². The molecule has 0 radical (unpaired) electrons. The Morgan fingerprint density at radius 1 is 1.28 bits per heavy atom. The first kappa shape index (κ1) is 16.5. The first-order valence-corrected chi connectivity index (χ1v) is 7.17. The van der Waals surface area contributed by atoms with Crippen LogP contribution in [-0.4, -0.2) is 22.6 Å². The number of anilines is 1. The first-order valence-electron chi connectivity index (χ1n) is 7.17. The number of carbonyl (C=O) groups is 1. The van der Waals surface area contributed by atoms with E-state index in [1.807, 2.05) is 0 Å². The lowest BCUT2D eigenvalue weighted by Gasteiger charge is -2.10. The highest BCUT2D eigenvalue weighted by Crippen LogP contribution is 2.23. The third-order valence-corrected chi connectivity index (χ3v) is 3.54. The van der Waals surface area contributed by atoms with E-state index in [4.69, 9.17) is 4.84 Å². The molecule has 9 heteroatoms. The zero-order valence-corrected chi connectivity index (χ0v) is 12.6. The van der Waals surface area contributed by atoms with Gasteiger partial charge in [0.1, 0.15) is 11.6 Å². The van der Waals surface area contributed by atoms with E-state index in [2.05, 4.69) is 10.5 Å². The molecule has 0 saturated carbocycles. The molecular formula is C16H11F2N3O4. The van der Waals surface area contributed by atoms with E-state index in [9.17, 15) is 23.7 Å². The SMILES string of the molecule is O=C(Nc1cc([N+](=O)[O-])ccc1F)C1CC(c2cccc(F)c2)=NO1. The summed E-state index contributed by atoms with van der Waals surface area (Å²) >= 11 is 0. The smallest absolute Gasteiger partial charge is 0.271 e. The van der Waals surface area contributed by atoms with Crippen LogP contribution in [0.1, 0.15) is 12.0 Å². The van der Waals surface area contributed by atoms with Gasteiger partial charge >= 0.3 is 0 Å². The second kappa shape index (κ2) is 6.63. The number of amides is 1. The van der Waals surface area contributed by atoms with Crippen LogP contribution in [0.2, 0.25) is 0 Å². The van der Waals surface area contributed by atoms with Crippen molar-refractivity contribution in [2.45, 2.75) is 12.5 Å². The largest absolute Gasteiger partial charge is 0.382 e. The minimum absolute atomic E-state index is 0.0613. The van der Waals surface area contributed by atoms with E-state index < -0.39 is 28.6 Å². The van der Waals surface area contributed by atoms with Gasteiger partial charge in [0.05, 0.1) is 16.3 Å². The molecule has 0 spiro atoms. The van der Waals surface area contributed by atoms with Gasteiger partial charge < -0.3 is 10.2 Å². The van der Waals surface area contributed by atoms with Crippen molar-refractivity contribution in [3.05, 3.63) is 69.8 Å². The number of benzene rings is 2. The molecule has 0 fully saturated rings. The van der Waals surface area contributed by atoms with Gasteiger partial charge in [-0.1, -0.05) is 17.3 Å². The number of nitrogens with zero attached hydrogens (tertiary/aromatic N) is 2. The first-order chi connectivity index (χ1) is 11.9. The Morgan fingerprint density at radius 2 is 2.08 bits per heavy atom. The minimum atomic E-state index is -1.04. The summed E-state index contributed by atoms with van der Waals surface area (Å²) in [7, 11) is 0. The van der Waals surface area contributed by atoms with Gasteiger partial charge in [-0.3, -0.25) is 14.9 Å². The Hall–Kier alpha value is -3.36. The third-order valence-electron chi connectivity index (χ3n) is 3.54. The number of hydrogen-bond donors (Lipinski definition) is 1. The molecule has 2 aromatic rings. The number of carbonyl (C=O) groups excluding carboxylic acids is 1. The average molecular weight is 347 g/mol. The molecule has 1 aliphatic heterocycles. The molecule has 1 heterocycles. The number of halogens is 2. The van der Waals surface area contributed by atoms with Gasteiger partial charge in [0.15, 0.2) is 0 Å². The van der Waals surface area contributed by atoms with E-state index in [0.717, 1.165) is 18.2 Å². The molecule has 3 rings (SSSR count). The third kappa shape index (κ3) is 3.60. The predicted molar refractivity (Wildman–Crippen MR) is 84.1 cm³/mol. The normalized spacial score (nSPS) is 16.1. The predicted octanol–water partition coefficient (Wildman–Crippen LogP) is 3.00. The standard InChI is InChI=1S/C16H11F2N3O4/c17-10-3-1-2-9(6-10)13-8-15(25-20-13)16(22)19-14-7-11(21(23)24)4-5-12(14)18/h1-7,15H,8H2,(H,19,22). The summed E-state index contributed by atoms with van der Waals surface area (Å²) in [5.41, 5.74) is 0.152. The van der Waals surface area contributed by atoms with Crippen LogP contribution < -0.4 is 5.32 Å². The van der Waals surface area contributed by atoms with Crippen molar-refractivity contribution < 1.29 is 23.3 Å². The molecule has 1 unspecified atom stereocenters. The molecular weight excluding hydrogens is 336 g/mol. The van der Waals surface area contributed by atoms with Gasteiger partial charge in [0.2, 0.25) is 6.10 Å². The minimum Gasteiger partial charge on any atom is -0.382 e. The molecule has 0 aliphatic carbocycles. The summed E-state index contributed by atoms with van der Waals surface area (Å²) in [4.78, 5) is 27.2. The van der Waals surface area contributed by atoms with E-state index >= 15 is 0 Å². The van der Waals surface area contributed by atoms with Crippen molar-refractivity contribution >= 4 is 23.0 Å². The average Bonchev–Trinajstić information content (AvgIpc) is 3.07. The highest BCUT2D eigenvalue weighted by atomic mass is 19.1. The Balaban J connectivity index is 1.70. The van der Waals surface area contributed by atoms with Crippen molar-refractivity contribution in [1.82, 2.24) is 0 Å². The van der Waals surface area contributed by atoms with Crippen molar-refractivity contribution in [1.29, 1.82) is 0 Å². The summed E-state index contributed by atoms with van der Waals surface area (Å²) in [5.74, 6) is -1.98. The maximum atomic E-state index is 13.7. The fourth-order valence-corrected chi connectivity index (χ4v) is 2.29. The Labute approximate surface area is 140 Å². The zero-order chi connectivity index (χ0) is 18.0. The van der Waals surface area contributed by atoms with E-state index in [1.165, 1.54) is 18.2 Å². The van der Waals surface area contributed by atoms with Crippen molar-refractivity contribution in [3.8, 4) is 0 Å². The number of rotatable bonds is 4. The van der Waals surface area contributed by atoms with Crippen LogP contribution >= 0.6 is 0 Å². The summed E-state index contributed by atoms with van der Waals surface area (Å²) in [5, 5.41) is 16.7. The van der Waals surface area contributed by atoms with Crippen LogP contribution in [0.25, 0.3) is 0 Å². The molecule has 0 aromatic heterocycles. The van der Waals surface area contributed by atoms with E-state index in [1.54, 1.807) is 6.07 Å². The number of oxime groups is 1. The van der Waals surface area contributed by atoms with Crippen LogP contribution in [-0.2, 0) is 9.63 Å². The highest BCUT2D eigenvalue weighted by Gasteiger charge is 2.30. The molecule has 1 amide bonds. The maximum absolute atomic E-state index is 13.7. The Kier molecular flexibility index (Phi) is 4.38. The van der Waals surface area contributed by atoms with Crippen molar-refractivity contribution in [2.24, 2.45) is 5.16 Å². The monoisotopic (exact) mass is 347 g/mol. The summed E-state index contributed by atoms with van der Waals surface area (Å²) < 4.78 is 27.0. The lowest BCUT2D eigenvalue weighted by Crippen LogP contribution is -2.28. The number of nitrogens with one attached hydrogen (secondary N) is 1. The lowest BCUT2D eigenvalue weighted by molar-refractivity contribution is -0.384. The fourth-order valence-electron chi connectivity index (χ4n) is 2.29. The maximum Gasteiger partial charge on any atom is 0.271 e. The lowest BCUT2D eigenvalue weighted by atomic mass is 10.0. The zero-order valence-electron chi connectivity index (χ0n) is 12.6. The molecule has 1 atom stereocenters. The van der Waals surface area contributed by atoms with Gasteiger partial charge in [-0.2, -0.15) is 0 Å². The summed E-state index contributed by atoms with van der Waals surface area (Å²) in [6, 6.07) is 8.43. The highest BCUT2D eigenvalue weighted by molar-refractivity contribution is 6.06. The molecule has 128 valence electrons. The summed E-state index contributed by atoms with van der Waals surface area (Å²) in [6.07, 6.45) is -0.983. The fraction of sp³-hybridized carbons (Fsp3) is 0.125.